The molecule has 0 aliphatic rings. The molecule has 0 aliphatic heterocycles. The fourth-order valence-electron chi connectivity index (χ4n) is 3.08. The van der Waals surface area contributed by atoms with Crippen LogP contribution in [0.4, 0.5) is 0 Å². The van der Waals surface area contributed by atoms with Crippen molar-refractivity contribution in [2.45, 2.75) is 32.6 Å². The third kappa shape index (κ3) is 2.52. The van der Waals surface area contributed by atoms with E-state index in [2.05, 4.69) is 43.1 Å². The molecular weight excluding hydrogens is 286 g/mol. The first-order valence-electron chi connectivity index (χ1n) is 8.04. The van der Waals surface area contributed by atoms with E-state index in [9.17, 15) is 0 Å². The van der Waals surface area contributed by atoms with Crippen LogP contribution in [0.25, 0.3) is 21.9 Å². The lowest BCUT2D eigenvalue weighted by Crippen LogP contribution is -1.90. The molecular formula is C20H19NO2. The zero-order chi connectivity index (χ0) is 15.8. The highest BCUT2D eigenvalue weighted by Gasteiger charge is 2.12. The van der Waals surface area contributed by atoms with Crippen LogP contribution in [0.3, 0.4) is 0 Å². The molecule has 0 unspecified atom stereocenters. The van der Waals surface area contributed by atoms with Crippen LogP contribution in [-0.4, -0.2) is 4.98 Å². The Morgan fingerprint density at radius 1 is 1.00 bits per heavy atom. The number of benzene rings is 1. The summed E-state index contributed by atoms with van der Waals surface area (Å²) in [5.74, 6) is 1.40. The van der Waals surface area contributed by atoms with Gasteiger partial charge in [0, 0.05) is 35.2 Å². The summed E-state index contributed by atoms with van der Waals surface area (Å²) in [6.45, 7) is 4.33. The predicted octanol–water partition coefficient (Wildman–Crippen LogP) is 5.48. The van der Waals surface area contributed by atoms with Crippen molar-refractivity contribution in [2.24, 2.45) is 0 Å². The summed E-state index contributed by atoms with van der Waals surface area (Å²) in [5.41, 5.74) is 4.34. The predicted molar refractivity (Wildman–Crippen MR) is 91.7 cm³/mol. The van der Waals surface area contributed by atoms with Gasteiger partial charge in [-0.1, -0.05) is 32.0 Å². The van der Waals surface area contributed by atoms with Crippen LogP contribution in [-0.2, 0) is 12.8 Å². The van der Waals surface area contributed by atoms with E-state index in [1.807, 2.05) is 18.5 Å². The van der Waals surface area contributed by atoms with Gasteiger partial charge in [0.2, 0.25) is 0 Å². The molecule has 0 radical (unpaired) electrons. The van der Waals surface area contributed by atoms with Crippen molar-refractivity contribution in [1.29, 1.82) is 0 Å². The van der Waals surface area contributed by atoms with Gasteiger partial charge in [0.05, 0.1) is 6.26 Å². The summed E-state index contributed by atoms with van der Waals surface area (Å²) >= 11 is 0. The normalized spacial score (nSPS) is 11.8. The average Bonchev–Trinajstić information content (AvgIpc) is 3.18. The summed E-state index contributed by atoms with van der Waals surface area (Å²) in [7, 11) is 0. The Morgan fingerprint density at radius 3 is 2.78 bits per heavy atom. The first-order valence-corrected chi connectivity index (χ1v) is 8.04. The van der Waals surface area contributed by atoms with Crippen molar-refractivity contribution in [3.63, 3.8) is 0 Å². The van der Waals surface area contributed by atoms with E-state index in [0.717, 1.165) is 40.5 Å². The maximum Gasteiger partial charge on any atom is 0.140 e. The number of rotatable bonds is 4. The third-order valence-corrected chi connectivity index (χ3v) is 4.32. The fraction of sp³-hybridized carbons (Fsp3) is 0.250. The topological polar surface area (TPSA) is 39.2 Å². The van der Waals surface area contributed by atoms with E-state index >= 15 is 0 Å². The van der Waals surface area contributed by atoms with E-state index in [0.29, 0.717) is 5.92 Å². The zero-order valence-corrected chi connectivity index (χ0v) is 13.4. The van der Waals surface area contributed by atoms with Crippen molar-refractivity contribution < 1.29 is 8.83 Å². The fourth-order valence-corrected chi connectivity index (χ4v) is 3.08. The summed E-state index contributed by atoms with van der Waals surface area (Å²) in [4.78, 5) is 4.32. The van der Waals surface area contributed by atoms with Gasteiger partial charge in [-0.2, -0.15) is 0 Å². The molecule has 0 spiro atoms. The second-order valence-corrected chi connectivity index (χ2v) is 6.27. The van der Waals surface area contributed by atoms with Crippen molar-refractivity contribution >= 4 is 21.9 Å². The van der Waals surface area contributed by atoms with Gasteiger partial charge < -0.3 is 8.83 Å². The molecule has 23 heavy (non-hydrogen) atoms. The molecule has 3 nitrogen and oxygen atoms in total. The Morgan fingerprint density at radius 2 is 1.91 bits per heavy atom. The maximum atomic E-state index is 6.11. The molecule has 0 saturated carbocycles. The first-order chi connectivity index (χ1) is 11.2. The number of nitrogens with zero attached hydrogens (tertiary/aromatic N) is 1. The molecule has 1 aromatic carbocycles. The number of hydrogen-bond donors (Lipinski definition) is 0. The van der Waals surface area contributed by atoms with Crippen molar-refractivity contribution in [2.75, 3.05) is 0 Å². The molecule has 0 amide bonds. The van der Waals surface area contributed by atoms with Crippen LogP contribution in [0.2, 0.25) is 0 Å². The van der Waals surface area contributed by atoms with Crippen LogP contribution < -0.4 is 0 Å². The summed E-state index contributed by atoms with van der Waals surface area (Å²) in [6.07, 6.45) is 7.28. The van der Waals surface area contributed by atoms with Gasteiger partial charge in [0.1, 0.15) is 16.9 Å². The lowest BCUT2D eigenvalue weighted by atomic mass is 10.0. The molecule has 0 saturated heterocycles. The molecule has 0 fully saturated rings. The highest BCUT2D eigenvalue weighted by molar-refractivity contribution is 5.81. The quantitative estimate of drug-likeness (QED) is 0.501. The highest BCUT2D eigenvalue weighted by atomic mass is 16.3. The molecule has 3 aromatic heterocycles. The molecule has 4 rings (SSSR count). The number of pyridine rings is 1. The molecule has 0 aliphatic carbocycles. The minimum absolute atomic E-state index is 0.405. The molecule has 0 atom stereocenters. The van der Waals surface area contributed by atoms with E-state index in [4.69, 9.17) is 8.83 Å². The molecule has 0 bridgehead atoms. The summed E-state index contributed by atoms with van der Waals surface area (Å²) in [5, 5.41) is 2.24. The Balaban J connectivity index is 1.63. The van der Waals surface area contributed by atoms with Gasteiger partial charge in [-0.25, -0.2) is 0 Å². The average molecular weight is 305 g/mol. The molecule has 116 valence electrons. The molecule has 0 N–H and O–H groups in total. The first kappa shape index (κ1) is 14.1. The largest absolute Gasteiger partial charge is 0.464 e. The van der Waals surface area contributed by atoms with Gasteiger partial charge in [-0.05, 0) is 30.0 Å². The standard InChI is InChI=1S/C20H19NO2/c1-13(2)18-12-21-11-16-10-17(23-20(16)18)7-6-14-4-3-5-15-8-9-22-19(14)15/h3-5,8-13H,6-7H2,1-2H3. The van der Waals surface area contributed by atoms with Gasteiger partial charge in [-0.15, -0.1) is 0 Å². The van der Waals surface area contributed by atoms with E-state index in [1.54, 1.807) is 6.26 Å². The van der Waals surface area contributed by atoms with Crippen LogP contribution in [0.5, 0.6) is 0 Å². The van der Waals surface area contributed by atoms with Gasteiger partial charge in [0.15, 0.2) is 0 Å². The number of furan rings is 2. The monoisotopic (exact) mass is 305 g/mol. The smallest absolute Gasteiger partial charge is 0.140 e. The minimum atomic E-state index is 0.405. The summed E-state index contributed by atoms with van der Waals surface area (Å²) < 4.78 is 11.7. The van der Waals surface area contributed by atoms with Crippen molar-refractivity contribution in [1.82, 2.24) is 4.98 Å². The lowest BCUT2D eigenvalue weighted by Gasteiger charge is -2.04. The maximum absolute atomic E-state index is 6.11. The Bertz CT molecular complexity index is 962. The van der Waals surface area contributed by atoms with Crippen molar-refractivity contribution in [3.8, 4) is 0 Å². The van der Waals surface area contributed by atoms with Gasteiger partial charge in [-0.3, -0.25) is 4.98 Å². The van der Waals surface area contributed by atoms with Crippen LogP contribution in [0.1, 0.15) is 36.7 Å². The molecule has 4 aromatic rings. The SMILES string of the molecule is CC(C)c1cncc2cc(CCc3cccc4ccoc34)oc12. The molecule has 3 heterocycles. The second-order valence-electron chi connectivity index (χ2n) is 6.27. The number of aromatic nitrogens is 1. The number of fused-ring (bicyclic) bond motifs is 2. The van der Waals surface area contributed by atoms with Gasteiger partial charge in [0.25, 0.3) is 0 Å². The minimum Gasteiger partial charge on any atom is -0.464 e. The van der Waals surface area contributed by atoms with E-state index < -0.39 is 0 Å². The number of para-hydroxylation sites is 1. The van der Waals surface area contributed by atoms with Crippen LogP contribution in [0.15, 0.2) is 57.8 Å². The van der Waals surface area contributed by atoms with E-state index in [1.165, 1.54) is 11.1 Å². The Labute approximate surface area is 134 Å². The zero-order valence-electron chi connectivity index (χ0n) is 13.4. The Hall–Kier alpha value is -2.55. The van der Waals surface area contributed by atoms with Crippen LogP contribution in [0, 0.1) is 0 Å². The number of hydrogen-bond acceptors (Lipinski definition) is 3. The van der Waals surface area contributed by atoms with Crippen LogP contribution >= 0.6 is 0 Å². The third-order valence-electron chi connectivity index (χ3n) is 4.32. The van der Waals surface area contributed by atoms with E-state index in [-0.39, 0.29) is 0 Å². The Kier molecular flexibility index (Phi) is 3.41. The highest BCUT2D eigenvalue weighted by Crippen LogP contribution is 2.28. The lowest BCUT2D eigenvalue weighted by molar-refractivity contribution is 0.540. The summed E-state index contributed by atoms with van der Waals surface area (Å²) in [6, 6.07) is 10.4. The van der Waals surface area contributed by atoms with Gasteiger partial charge >= 0.3 is 0 Å². The second kappa shape index (κ2) is 5.58. The van der Waals surface area contributed by atoms with Crippen molar-refractivity contribution in [3.05, 3.63) is 65.9 Å². The number of aryl methyl sites for hydroxylation is 2. The molecule has 3 heteroatoms.